The number of carboxylic acids is 1. The fourth-order valence-electron chi connectivity index (χ4n) is 1.69. The van der Waals surface area contributed by atoms with Crippen molar-refractivity contribution in [2.45, 2.75) is 6.42 Å². The van der Waals surface area contributed by atoms with Gasteiger partial charge in [-0.05, 0) is 18.6 Å². The molecule has 1 amide bonds. The molecule has 1 aromatic heterocycles. The third-order valence-electron chi connectivity index (χ3n) is 2.57. The van der Waals surface area contributed by atoms with E-state index in [2.05, 4.69) is 4.98 Å². The lowest BCUT2D eigenvalue weighted by Gasteiger charge is -2.23. The van der Waals surface area contributed by atoms with Crippen molar-refractivity contribution in [2.75, 3.05) is 13.1 Å². The van der Waals surface area contributed by atoms with Crippen LogP contribution in [0.3, 0.4) is 0 Å². The van der Waals surface area contributed by atoms with Crippen LogP contribution < -0.4 is 0 Å². The zero-order valence-electron chi connectivity index (χ0n) is 9.17. The van der Waals surface area contributed by atoms with Crippen molar-refractivity contribution in [3.63, 3.8) is 0 Å². The molecule has 0 bridgehead atoms. The molecule has 0 saturated heterocycles. The Labute approximate surface area is 98.4 Å². The minimum Gasteiger partial charge on any atom is -0.477 e. The van der Waals surface area contributed by atoms with E-state index in [-0.39, 0.29) is 11.6 Å². The fourth-order valence-corrected chi connectivity index (χ4v) is 1.69. The normalized spacial score (nSPS) is 14.7. The molecule has 2 rings (SSSR count). The number of amides is 1. The first-order valence-corrected chi connectivity index (χ1v) is 5.32. The Morgan fingerprint density at radius 1 is 1.35 bits per heavy atom. The highest BCUT2D eigenvalue weighted by molar-refractivity contribution is 5.96. The summed E-state index contributed by atoms with van der Waals surface area (Å²) >= 11 is 0. The van der Waals surface area contributed by atoms with Gasteiger partial charge in [0.2, 0.25) is 0 Å². The van der Waals surface area contributed by atoms with Gasteiger partial charge in [-0.3, -0.25) is 4.79 Å². The number of pyridine rings is 1. The summed E-state index contributed by atoms with van der Waals surface area (Å²) in [5, 5.41) is 8.80. The van der Waals surface area contributed by atoms with E-state index in [0.29, 0.717) is 18.7 Å². The van der Waals surface area contributed by atoms with E-state index in [1.54, 1.807) is 4.90 Å². The standard InChI is InChI=1S/C12H12N2O3/c15-11(14-6-2-1-3-7-14)9-4-5-13-10(8-9)12(16)17/h1-2,4-5,8H,3,6-7H2,(H,16,17). The Bertz CT molecular complexity index is 482. The molecule has 0 aliphatic carbocycles. The zero-order chi connectivity index (χ0) is 12.3. The number of carbonyl (C=O) groups excluding carboxylic acids is 1. The maximum Gasteiger partial charge on any atom is 0.354 e. The average Bonchev–Trinajstić information content (AvgIpc) is 2.39. The summed E-state index contributed by atoms with van der Waals surface area (Å²) in [6.45, 7) is 1.24. The molecule has 5 nitrogen and oxygen atoms in total. The molecule has 1 N–H and O–H groups in total. The third kappa shape index (κ3) is 2.50. The predicted molar refractivity (Wildman–Crippen MR) is 60.9 cm³/mol. The van der Waals surface area contributed by atoms with E-state index in [9.17, 15) is 9.59 Å². The molecule has 1 aliphatic rings. The second kappa shape index (κ2) is 4.78. The summed E-state index contributed by atoms with van der Waals surface area (Å²) in [5.74, 6) is -1.28. The van der Waals surface area contributed by atoms with E-state index < -0.39 is 5.97 Å². The van der Waals surface area contributed by atoms with Gasteiger partial charge in [-0.25, -0.2) is 9.78 Å². The Kier molecular flexibility index (Phi) is 3.18. The lowest BCUT2D eigenvalue weighted by molar-refractivity contribution is 0.0690. The van der Waals surface area contributed by atoms with Gasteiger partial charge in [0.25, 0.3) is 5.91 Å². The molecular weight excluding hydrogens is 220 g/mol. The quantitative estimate of drug-likeness (QED) is 0.777. The van der Waals surface area contributed by atoms with E-state index in [1.165, 1.54) is 18.3 Å². The molecule has 1 aliphatic heterocycles. The number of rotatable bonds is 2. The molecule has 1 aromatic rings. The summed E-state index contributed by atoms with van der Waals surface area (Å²) in [6.07, 6.45) is 6.14. The maximum atomic E-state index is 12.0. The number of aromatic nitrogens is 1. The zero-order valence-corrected chi connectivity index (χ0v) is 9.17. The first-order valence-electron chi connectivity index (χ1n) is 5.32. The van der Waals surface area contributed by atoms with Gasteiger partial charge < -0.3 is 10.0 Å². The van der Waals surface area contributed by atoms with Crippen LogP contribution in [0.5, 0.6) is 0 Å². The van der Waals surface area contributed by atoms with Gasteiger partial charge in [-0.15, -0.1) is 0 Å². The molecule has 5 heteroatoms. The SMILES string of the molecule is O=C(O)c1cc(C(=O)N2CC=CCC2)ccn1. The van der Waals surface area contributed by atoms with Gasteiger partial charge in [-0.2, -0.15) is 0 Å². The molecular formula is C12H12N2O3. The molecule has 0 atom stereocenters. The van der Waals surface area contributed by atoms with Crippen LogP contribution in [0.2, 0.25) is 0 Å². The van der Waals surface area contributed by atoms with Crippen LogP contribution in [-0.2, 0) is 0 Å². The van der Waals surface area contributed by atoms with E-state index in [0.717, 1.165) is 6.42 Å². The van der Waals surface area contributed by atoms with Crippen molar-refractivity contribution in [1.29, 1.82) is 0 Å². The minimum atomic E-state index is -1.13. The first kappa shape index (κ1) is 11.3. The highest BCUT2D eigenvalue weighted by Gasteiger charge is 2.17. The summed E-state index contributed by atoms with van der Waals surface area (Å²) < 4.78 is 0. The van der Waals surface area contributed by atoms with Crippen LogP contribution in [0.4, 0.5) is 0 Å². The molecule has 0 unspecified atom stereocenters. The first-order chi connectivity index (χ1) is 8.18. The van der Waals surface area contributed by atoms with E-state index in [1.807, 2.05) is 12.2 Å². The fraction of sp³-hybridized carbons (Fsp3) is 0.250. The van der Waals surface area contributed by atoms with Crippen molar-refractivity contribution >= 4 is 11.9 Å². The van der Waals surface area contributed by atoms with Crippen LogP contribution in [-0.4, -0.2) is 40.0 Å². The van der Waals surface area contributed by atoms with Gasteiger partial charge in [-0.1, -0.05) is 12.2 Å². The summed E-state index contributed by atoms with van der Waals surface area (Å²) in [5.41, 5.74) is 0.260. The largest absolute Gasteiger partial charge is 0.477 e. The van der Waals surface area contributed by atoms with E-state index in [4.69, 9.17) is 5.11 Å². The highest BCUT2D eigenvalue weighted by Crippen LogP contribution is 2.09. The summed E-state index contributed by atoms with van der Waals surface area (Å²) in [4.78, 5) is 28.2. The number of hydrogen-bond donors (Lipinski definition) is 1. The second-order valence-electron chi connectivity index (χ2n) is 3.75. The molecule has 2 heterocycles. The van der Waals surface area contributed by atoms with Gasteiger partial charge in [0.15, 0.2) is 0 Å². The minimum absolute atomic E-state index is 0.108. The van der Waals surface area contributed by atoms with Gasteiger partial charge in [0.1, 0.15) is 5.69 Å². The maximum absolute atomic E-state index is 12.0. The van der Waals surface area contributed by atoms with Crippen LogP contribution in [0, 0.1) is 0 Å². The smallest absolute Gasteiger partial charge is 0.354 e. The lowest BCUT2D eigenvalue weighted by atomic mass is 10.1. The Morgan fingerprint density at radius 2 is 2.18 bits per heavy atom. The molecule has 0 radical (unpaired) electrons. The molecule has 17 heavy (non-hydrogen) atoms. The second-order valence-corrected chi connectivity index (χ2v) is 3.75. The predicted octanol–water partition coefficient (Wildman–Crippen LogP) is 1.18. The van der Waals surface area contributed by atoms with Crippen molar-refractivity contribution in [2.24, 2.45) is 0 Å². The number of carbonyl (C=O) groups is 2. The van der Waals surface area contributed by atoms with Crippen molar-refractivity contribution in [3.8, 4) is 0 Å². The molecule has 0 aromatic carbocycles. The van der Waals surface area contributed by atoms with Gasteiger partial charge in [0.05, 0.1) is 0 Å². The van der Waals surface area contributed by atoms with Crippen LogP contribution in [0.25, 0.3) is 0 Å². The Balaban J connectivity index is 2.21. The Hall–Kier alpha value is -2.17. The van der Waals surface area contributed by atoms with Crippen molar-refractivity contribution < 1.29 is 14.7 Å². The molecule has 0 saturated carbocycles. The third-order valence-corrected chi connectivity index (χ3v) is 2.57. The monoisotopic (exact) mass is 232 g/mol. The number of hydrogen-bond acceptors (Lipinski definition) is 3. The van der Waals surface area contributed by atoms with E-state index >= 15 is 0 Å². The number of carboxylic acid groups (broad SMARTS) is 1. The van der Waals surface area contributed by atoms with Gasteiger partial charge >= 0.3 is 5.97 Å². The van der Waals surface area contributed by atoms with Crippen LogP contribution in [0.15, 0.2) is 30.5 Å². The number of aromatic carboxylic acids is 1. The number of nitrogens with zero attached hydrogens (tertiary/aromatic N) is 2. The van der Waals surface area contributed by atoms with Crippen molar-refractivity contribution in [1.82, 2.24) is 9.88 Å². The summed E-state index contributed by atoms with van der Waals surface area (Å²) in [6, 6.07) is 2.84. The van der Waals surface area contributed by atoms with Crippen LogP contribution in [0.1, 0.15) is 27.3 Å². The summed E-state index contributed by atoms with van der Waals surface area (Å²) in [7, 11) is 0. The average molecular weight is 232 g/mol. The topological polar surface area (TPSA) is 70.5 Å². The van der Waals surface area contributed by atoms with Crippen molar-refractivity contribution in [3.05, 3.63) is 41.7 Å². The molecule has 0 spiro atoms. The Morgan fingerprint density at radius 3 is 2.82 bits per heavy atom. The van der Waals surface area contributed by atoms with Gasteiger partial charge in [0, 0.05) is 24.8 Å². The lowest BCUT2D eigenvalue weighted by Crippen LogP contribution is -2.33. The molecule has 88 valence electrons. The highest BCUT2D eigenvalue weighted by atomic mass is 16.4. The van der Waals surface area contributed by atoms with Crippen LogP contribution >= 0.6 is 0 Å². The molecule has 0 fully saturated rings.